The molecule has 0 unspecified atom stereocenters. The van der Waals surface area contributed by atoms with Gasteiger partial charge in [0.05, 0.1) is 11.0 Å². The Morgan fingerprint density at radius 2 is 1.84 bits per heavy atom. The van der Waals surface area contributed by atoms with E-state index in [1.165, 1.54) is 10.9 Å². The minimum absolute atomic E-state index is 0.436. The lowest BCUT2D eigenvalue weighted by Crippen LogP contribution is -2.22. The molecule has 0 saturated heterocycles. The maximum Gasteiger partial charge on any atom is 0.148 e. The highest BCUT2D eigenvalue weighted by molar-refractivity contribution is 9.11. The molecule has 2 aromatic rings. The fraction of sp³-hybridized carbons (Fsp3) is 0.467. The molecule has 0 aliphatic heterocycles. The van der Waals surface area contributed by atoms with Crippen LogP contribution in [0.5, 0.6) is 0 Å². The van der Waals surface area contributed by atoms with Gasteiger partial charge in [0.25, 0.3) is 0 Å². The van der Waals surface area contributed by atoms with Crippen molar-refractivity contribution in [3.63, 3.8) is 0 Å². The first-order valence-corrected chi connectivity index (χ1v) is 8.12. The average Bonchev–Trinajstić information content (AvgIpc) is 2.64. The molecule has 2 nitrogen and oxygen atoms in total. The molecular weight excluding hydrogens is 370 g/mol. The summed E-state index contributed by atoms with van der Waals surface area (Å²) in [6.07, 6.45) is 0. The van der Waals surface area contributed by atoms with Crippen LogP contribution >= 0.6 is 31.9 Å². The van der Waals surface area contributed by atoms with Gasteiger partial charge in [0.2, 0.25) is 0 Å². The van der Waals surface area contributed by atoms with Crippen molar-refractivity contribution in [2.75, 3.05) is 0 Å². The molecule has 0 aliphatic rings. The molecule has 1 aromatic carbocycles. The van der Waals surface area contributed by atoms with Gasteiger partial charge >= 0.3 is 0 Å². The number of fused-ring (bicyclic) bond motifs is 1. The Morgan fingerprint density at radius 1 is 1.16 bits per heavy atom. The molecule has 1 N–H and O–H groups in total. The topological polar surface area (TPSA) is 25.2 Å². The summed E-state index contributed by atoms with van der Waals surface area (Å²) in [5.74, 6) is 1.48. The SMILES string of the molecule is CC(C)NCc1oc2c(Br)cc(Br)cc2c1C(C)C. The van der Waals surface area contributed by atoms with E-state index in [2.05, 4.69) is 70.9 Å². The van der Waals surface area contributed by atoms with Crippen molar-refractivity contribution < 1.29 is 4.42 Å². The minimum Gasteiger partial charge on any atom is -0.458 e. The molecule has 0 atom stereocenters. The molecule has 0 fully saturated rings. The zero-order valence-electron chi connectivity index (χ0n) is 11.7. The van der Waals surface area contributed by atoms with Crippen LogP contribution in [-0.2, 0) is 6.54 Å². The van der Waals surface area contributed by atoms with Gasteiger partial charge in [-0.05, 0) is 34.0 Å². The van der Waals surface area contributed by atoms with Crippen LogP contribution in [-0.4, -0.2) is 6.04 Å². The summed E-state index contributed by atoms with van der Waals surface area (Å²) in [6.45, 7) is 9.47. The van der Waals surface area contributed by atoms with Crippen LogP contribution in [0.2, 0.25) is 0 Å². The van der Waals surface area contributed by atoms with Gasteiger partial charge in [0.15, 0.2) is 0 Å². The van der Waals surface area contributed by atoms with Crippen molar-refractivity contribution in [3.8, 4) is 0 Å². The molecule has 0 saturated carbocycles. The first-order valence-electron chi connectivity index (χ1n) is 6.53. The lowest BCUT2D eigenvalue weighted by molar-refractivity contribution is 0.480. The van der Waals surface area contributed by atoms with E-state index in [0.29, 0.717) is 12.0 Å². The molecule has 1 aromatic heterocycles. The van der Waals surface area contributed by atoms with Crippen molar-refractivity contribution in [2.45, 2.75) is 46.2 Å². The highest BCUT2D eigenvalue weighted by Gasteiger charge is 2.19. The van der Waals surface area contributed by atoms with Crippen molar-refractivity contribution in [3.05, 3.63) is 32.4 Å². The number of benzene rings is 1. The number of rotatable bonds is 4. The Morgan fingerprint density at radius 3 is 2.42 bits per heavy atom. The van der Waals surface area contributed by atoms with Gasteiger partial charge in [-0.1, -0.05) is 43.6 Å². The van der Waals surface area contributed by atoms with E-state index in [4.69, 9.17) is 4.42 Å². The van der Waals surface area contributed by atoms with E-state index >= 15 is 0 Å². The summed E-state index contributed by atoms with van der Waals surface area (Å²) in [7, 11) is 0. The summed E-state index contributed by atoms with van der Waals surface area (Å²) in [5.41, 5.74) is 2.23. The monoisotopic (exact) mass is 387 g/mol. The Balaban J connectivity index is 2.57. The first kappa shape index (κ1) is 15.1. The Labute approximate surface area is 131 Å². The van der Waals surface area contributed by atoms with E-state index in [1.807, 2.05) is 6.07 Å². The van der Waals surface area contributed by atoms with Gasteiger partial charge in [-0.25, -0.2) is 0 Å². The fourth-order valence-electron chi connectivity index (χ4n) is 2.25. The molecule has 4 heteroatoms. The van der Waals surface area contributed by atoms with Crippen molar-refractivity contribution in [2.24, 2.45) is 0 Å². The third kappa shape index (κ3) is 3.23. The second kappa shape index (κ2) is 5.98. The lowest BCUT2D eigenvalue weighted by atomic mass is 9.99. The molecule has 0 aliphatic carbocycles. The van der Waals surface area contributed by atoms with E-state index in [1.54, 1.807) is 0 Å². The van der Waals surface area contributed by atoms with Crippen LogP contribution in [0, 0.1) is 0 Å². The molecule has 0 spiro atoms. The summed E-state index contributed by atoms with van der Waals surface area (Å²) < 4.78 is 8.13. The number of halogens is 2. The van der Waals surface area contributed by atoms with Gasteiger partial charge in [0.1, 0.15) is 11.3 Å². The van der Waals surface area contributed by atoms with Crippen LogP contribution in [0.4, 0.5) is 0 Å². The van der Waals surface area contributed by atoms with Crippen molar-refractivity contribution in [1.29, 1.82) is 0 Å². The van der Waals surface area contributed by atoms with Gasteiger partial charge < -0.3 is 9.73 Å². The van der Waals surface area contributed by atoms with Crippen LogP contribution in [0.15, 0.2) is 25.5 Å². The van der Waals surface area contributed by atoms with E-state index in [0.717, 1.165) is 26.8 Å². The Hall–Kier alpha value is -0.320. The predicted molar refractivity (Wildman–Crippen MR) is 87.7 cm³/mol. The number of hydrogen-bond donors (Lipinski definition) is 1. The summed E-state index contributed by atoms with van der Waals surface area (Å²) in [6, 6.07) is 4.61. The minimum atomic E-state index is 0.436. The normalized spacial score (nSPS) is 12.0. The third-order valence-corrected chi connectivity index (χ3v) is 4.12. The first-order chi connectivity index (χ1) is 8.90. The fourth-order valence-corrected chi connectivity index (χ4v) is 3.56. The van der Waals surface area contributed by atoms with Crippen molar-refractivity contribution in [1.82, 2.24) is 5.32 Å². The molecule has 104 valence electrons. The average molecular weight is 389 g/mol. The molecule has 0 bridgehead atoms. The van der Waals surface area contributed by atoms with Crippen LogP contribution in [0.3, 0.4) is 0 Å². The largest absolute Gasteiger partial charge is 0.458 e. The second-order valence-electron chi connectivity index (χ2n) is 5.39. The second-order valence-corrected chi connectivity index (χ2v) is 7.16. The van der Waals surface area contributed by atoms with E-state index in [9.17, 15) is 0 Å². The highest BCUT2D eigenvalue weighted by Crippen LogP contribution is 2.37. The molecule has 2 rings (SSSR count). The van der Waals surface area contributed by atoms with Crippen molar-refractivity contribution >= 4 is 42.8 Å². The van der Waals surface area contributed by atoms with Crippen LogP contribution < -0.4 is 5.32 Å². The highest BCUT2D eigenvalue weighted by atomic mass is 79.9. The van der Waals surface area contributed by atoms with Gasteiger partial charge in [-0.2, -0.15) is 0 Å². The lowest BCUT2D eigenvalue weighted by Gasteiger charge is -2.09. The summed E-state index contributed by atoms with van der Waals surface area (Å²) in [5, 5.41) is 4.62. The maximum atomic E-state index is 6.07. The Bertz CT molecular complexity index is 587. The van der Waals surface area contributed by atoms with E-state index < -0.39 is 0 Å². The molecular formula is C15H19Br2NO. The number of furan rings is 1. The predicted octanol–water partition coefficient (Wildman–Crippen LogP) is 5.58. The molecule has 1 heterocycles. The van der Waals surface area contributed by atoms with Gasteiger partial charge in [-0.15, -0.1) is 0 Å². The van der Waals surface area contributed by atoms with Crippen LogP contribution in [0.25, 0.3) is 11.0 Å². The standard InChI is InChI=1S/C15H19Br2NO/c1-8(2)14-11-5-10(16)6-12(17)15(11)19-13(14)7-18-9(3)4/h5-6,8-9,18H,7H2,1-4H3. The smallest absolute Gasteiger partial charge is 0.148 e. The van der Waals surface area contributed by atoms with Gasteiger partial charge in [0, 0.05) is 21.5 Å². The summed E-state index contributed by atoms with van der Waals surface area (Å²) in [4.78, 5) is 0. The number of nitrogens with one attached hydrogen (secondary N) is 1. The number of hydrogen-bond acceptors (Lipinski definition) is 2. The molecule has 0 radical (unpaired) electrons. The van der Waals surface area contributed by atoms with E-state index in [-0.39, 0.29) is 0 Å². The summed E-state index contributed by atoms with van der Waals surface area (Å²) >= 11 is 7.13. The quantitative estimate of drug-likeness (QED) is 0.739. The maximum absolute atomic E-state index is 6.07. The Kier molecular flexibility index (Phi) is 4.75. The van der Waals surface area contributed by atoms with Gasteiger partial charge in [-0.3, -0.25) is 0 Å². The molecule has 0 amide bonds. The van der Waals surface area contributed by atoms with Crippen LogP contribution in [0.1, 0.15) is 44.9 Å². The third-order valence-electron chi connectivity index (χ3n) is 3.07. The molecule has 19 heavy (non-hydrogen) atoms. The zero-order chi connectivity index (χ0) is 14.2. The zero-order valence-corrected chi connectivity index (χ0v) is 14.9.